The third kappa shape index (κ3) is 2.43. The smallest absolute Gasteiger partial charge is 0.317 e. The molecule has 5 heteroatoms. The molecule has 0 aromatic rings. The molecule has 5 nitrogen and oxygen atoms in total. The molecule has 0 aromatic carbocycles. The Labute approximate surface area is 119 Å². The van der Waals surface area contributed by atoms with Crippen molar-refractivity contribution in [2.45, 2.75) is 65.3 Å². The number of esters is 1. The van der Waals surface area contributed by atoms with E-state index in [1.54, 1.807) is 0 Å². The average molecular weight is 284 g/mol. The zero-order valence-electron chi connectivity index (χ0n) is 12.8. The second-order valence-corrected chi connectivity index (χ2v) is 7.20. The Morgan fingerprint density at radius 3 is 2.45 bits per heavy atom. The van der Waals surface area contributed by atoms with Gasteiger partial charge in [-0.05, 0) is 31.6 Å². The van der Waals surface area contributed by atoms with Crippen LogP contribution < -0.4 is 0 Å². The first-order chi connectivity index (χ1) is 9.05. The molecule has 0 radical (unpaired) electrons. The maximum atomic E-state index is 11.6. The maximum Gasteiger partial charge on any atom is 0.317 e. The number of hydrogen-bond acceptors (Lipinski definition) is 4. The number of carboxylic acid groups (broad SMARTS) is 1. The highest BCUT2D eigenvalue weighted by Gasteiger charge is 2.60. The molecular weight excluding hydrogens is 260 g/mol. The van der Waals surface area contributed by atoms with Crippen molar-refractivity contribution < 1.29 is 24.2 Å². The van der Waals surface area contributed by atoms with Crippen LogP contribution in [0.15, 0.2) is 0 Å². The molecule has 4 unspecified atom stereocenters. The van der Waals surface area contributed by atoms with E-state index in [9.17, 15) is 9.59 Å². The van der Waals surface area contributed by atoms with E-state index in [1.807, 2.05) is 13.8 Å². The molecule has 2 saturated heterocycles. The molecule has 0 saturated carbocycles. The van der Waals surface area contributed by atoms with Gasteiger partial charge in [-0.3, -0.25) is 9.59 Å². The molecule has 2 aliphatic heterocycles. The van der Waals surface area contributed by atoms with Crippen LogP contribution in [-0.4, -0.2) is 34.9 Å². The van der Waals surface area contributed by atoms with Crippen molar-refractivity contribution in [1.29, 1.82) is 0 Å². The van der Waals surface area contributed by atoms with E-state index < -0.39 is 24.0 Å². The van der Waals surface area contributed by atoms with Crippen LogP contribution in [0.5, 0.6) is 0 Å². The first kappa shape index (κ1) is 15.3. The van der Waals surface area contributed by atoms with Gasteiger partial charge in [-0.25, -0.2) is 0 Å². The Hall–Kier alpha value is -1.10. The Morgan fingerprint density at radius 2 is 2.00 bits per heavy atom. The molecular formula is C15H24O5. The van der Waals surface area contributed by atoms with Gasteiger partial charge in [0, 0.05) is 5.92 Å². The second-order valence-electron chi connectivity index (χ2n) is 7.20. The molecule has 20 heavy (non-hydrogen) atoms. The van der Waals surface area contributed by atoms with Crippen molar-refractivity contribution in [2.75, 3.05) is 0 Å². The zero-order chi connectivity index (χ0) is 15.3. The van der Waals surface area contributed by atoms with Crippen molar-refractivity contribution >= 4 is 11.9 Å². The van der Waals surface area contributed by atoms with Gasteiger partial charge in [0.05, 0.1) is 12.2 Å². The minimum absolute atomic E-state index is 0.0457. The van der Waals surface area contributed by atoms with Gasteiger partial charge in [-0.2, -0.15) is 0 Å². The van der Waals surface area contributed by atoms with Crippen molar-refractivity contribution in [3.8, 4) is 0 Å². The summed E-state index contributed by atoms with van der Waals surface area (Å²) in [6.45, 7) is 10.3. The summed E-state index contributed by atoms with van der Waals surface area (Å²) in [7, 11) is 0. The first-order valence-electron chi connectivity index (χ1n) is 7.15. The minimum atomic E-state index is -1.16. The number of ether oxygens (including phenoxy) is 2. The average Bonchev–Trinajstić information content (AvgIpc) is 2.77. The lowest BCUT2D eigenvalue weighted by atomic mass is 9.62. The molecule has 4 atom stereocenters. The van der Waals surface area contributed by atoms with Crippen molar-refractivity contribution in [1.82, 2.24) is 0 Å². The standard InChI is InChI=1S/C15H24O5/c1-8-10-6-9(13(19-10)14(8,2)3)15(4,5)20-12(18)7-11(16)17/h8-10,13H,6-7H2,1-5H3,(H,16,17). The molecule has 2 heterocycles. The molecule has 0 spiro atoms. The van der Waals surface area contributed by atoms with E-state index in [4.69, 9.17) is 14.6 Å². The summed E-state index contributed by atoms with van der Waals surface area (Å²) < 4.78 is 11.5. The number of carbonyl (C=O) groups is 2. The molecule has 2 aliphatic rings. The van der Waals surface area contributed by atoms with E-state index in [2.05, 4.69) is 20.8 Å². The number of fused-ring (bicyclic) bond motifs is 2. The van der Waals surface area contributed by atoms with E-state index in [-0.39, 0.29) is 23.5 Å². The number of carbonyl (C=O) groups excluding carboxylic acids is 1. The normalized spacial score (nSPS) is 35.0. The third-order valence-electron chi connectivity index (χ3n) is 5.20. The fourth-order valence-electron chi connectivity index (χ4n) is 3.64. The summed E-state index contributed by atoms with van der Waals surface area (Å²) in [5, 5.41) is 8.64. The van der Waals surface area contributed by atoms with Crippen LogP contribution in [-0.2, 0) is 19.1 Å². The Morgan fingerprint density at radius 1 is 1.40 bits per heavy atom. The van der Waals surface area contributed by atoms with Crippen LogP contribution in [0.4, 0.5) is 0 Å². The second kappa shape index (κ2) is 4.72. The summed E-state index contributed by atoms with van der Waals surface area (Å²) in [6, 6.07) is 0. The van der Waals surface area contributed by atoms with Gasteiger partial charge < -0.3 is 14.6 Å². The lowest BCUT2D eigenvalue weighted by molar-refractivity contribution is -0.169. The van der Waals surface area contributed by atoms with Crippen molar-refractivity contribution in [3.63, 3.8) is 0 Å². The molecule has 2 rings (SSSR count). The molecule has 0 aliphatic carbocycles. The van der Waals surface area contributed by atoms with Crippen LogP contribution >= 0.6 is 0 Å². The highest BCUT2D eigenvalue weighted by atomic mass is 16.6. The van der Waals surface area contributed by atoms with Gasteiger partial charge in [0.2, 0.25) is 0 Å². The summed E-state index contributed by atoms with van der Waals surface area (Å²) in [4.78, 5) is 22.2. The van der Waals surface area contributed by atoms with Crippen LogP contribution in [0.3, 0.4) is 0 Å². The van der Waals surface area contributed by atoms with Gasteiger partial charge in [-0.15, -0.1) is 0 Å². The molecule has 0 aromatic heterocycles. The fourth-order valence-corrected chi connectivity index (χ4v) is 3.64. The third-order valence-corrected chi connectivity index (χ3v) is 5.20. The number of rotatable bonds is 4. The SMILES string of the molecule is CC1C2CC(C(C)(C)OC(=O)CC(=O)O)C(O2)C1(C)C. The summed E-state index contributed by atoms with van der Waals surface area (Å²) >= 11 is 0. The molecule has 2 bridgehead atoms. The summed E-state index contributed by atoms with van der Waals surface area (Å²) in [5.74, 6) is -1.26. The topological polar surface area (TPSA) is 72.8 Å². The monoisotopic (exact) mass is 284 g/mol. The van der Waals surface area contributed by atoms with E-state index in [0.29, 0.717) is 5.92 Å². The highest BCUT2D eigenvalue weighted by molar-refractivity contribution is 5.90. The summed E-state index contributed by atoms with van der Waals surface area (Å²) in [6.07, 6.45) is 0.528. The van der Waals surface area contributed by atoms with Crippen LogP contribution in [0.25, 0.3) is 0 Å². The Balaban J connectivity index is 2.08. The van der Waals surface area contributed by atoms with E-state index >= 15 is 0 Å². The van der Waals surface area contributed by atoms with Gasteiger partial charge >= 0.3 is 11.9 Å². The van der Waals surface area contributed by atoms with Gasteiger partial charge in [-0.1, -0.05) is 20.8 Å². The van der Waals surface area contributed by atoms with Crippen molar-refractivity contribution in [3.05, 3.63) is 0 Å². The van der Waals surface area contributed by atoms with Gasteiger partial charge in [0.15, 0.2) is 0 Å². The zero-order valence-corrected chi connectivity index (χ0v) is 12.8. The number of carboxylic acids is 1. The highest BCUT2D eigenvalue weighted by Crippen LogP contribution is 2.56. The number of aliphatic carboxylic acids is 1. The first-order valence-corrected chi connectivity index (χ1v) is 7.15. The lowest BCUT2D eigenvalue weighted by Gasteiger charge is -2.43. The van der Waals surface area contributed by atoms with Gasteiger partial charge in [0.1, 0.15) is 12.0 Å². The Bertz CT molecular complexity index is 426. The fraction of sp³-hybridized carbons (Fsp3) is 0.867. The predicted octanol–water partition coefficient (Wildman–Crippen LogP) is 2.23. The number of hydrogen-bond donors (Lipinski definition) is 1. The van der Waals surface area contributed by atoms with E-state index in [1.165, 1.54) is 0 Å². The van der Waals surface area contributed by atoms with Gasteiger partial charge in [0.25, 0.3) is 0 Å². The van der Waals surface area contributed by atoms with E-state index in [0.717, 1.165) is 6.42 Å². The quantitative estimate of drug-likeness (QED) is 0.633. The van der Waals surface area contributed by atoms with Crippen LogP contribution in [0.2, 0.25) is 0 Å². The Kier molecular flexibility index (Phi) is 3.61. The largest absolute Gasteiger partial charge is 0.481 e. The van der Waals surface area contributed by atoms with Crippen LogP contribution in [0.1, 0.15) is 47.5 Å². The molecule has 2 fully saturated rings. The minimum Gasteiger partial charge on any atom is -0.481 e. The lowest BCUT2D eigenvalue weighted by Crippen LogP contribution is -2.49. The maximum absolute atomic E-state index is 11.6. The molecule has 114 valence electrons. The van der Waals surface area contributed by atoms with Crippen LogP contribution in [0, 0.1) is 17.3 Å². The molecule has 0 amide bonds. The summed E-state index contributed by atoms with van der Waals surface area (Å²) in [5.41, 5.74) is -0.659. The van der Waals surface area contributed by atoms with Crippen molar-refractivity contribution in [2.24, 2.45) is 17.3 Å². The molecule has 1 N–H and O–H groups in total. The predicted molar refractivity (Wildman–Crippen MR) is 72.1 cm³/mol.